The van der Waals surface area contributed by atoms with E-state index in [-0.39, 0.29) is 18.2 Å². The van der Waals surface area contributed by atoms with E-state index in [9.17, 15) is 19.8 Å². The van der Waals surface area contributed by atoms with Crippen molar-refractivity contribution in [1.29, 1.82) is 0 Å². The number of aliphatic carboxylic acids is 1. The lowest BCUT2D eigenvalue weighted by Gasteiger charge is -2.38. The van der Waals surface area contributed by atoms with E-state index in [0.29, 0.717) is 12.8 Å². The first-order valence-corrected chi connectivity index (χ1v) is 7.69. The number of hydrogen-bond acceptors (Lipinski definition) is 4. The molecule has 0 saturated carbocycles. The first-order chi connectivity index (χ1) is 10.7. The van der Waals surface area contributed by atoms with Crippen LogP contribution in [0, 0.1) is 0 Å². The van der Waals surface area contributed by atoms with E-state index in [1.54, 1.807) is 39.0 Å². The molecule has 1 heterocycles. The lowest BCUT2D eigenvalue weighted by Crippen LogP contribution is -2.51. The molecule has 6 heteroatoms. The largest absolute Gasteiger partial charge is 0.508 e. The number of amides is 1. The number of hydrogen-bond donors (Lipinski definition) is 2. The van der Waals surface area contributed by atoms with Gasteiger partial charge in [0.1, 0.15) is 17.4 Å². The fourth-order valence-corrected chi connectivity index (χ4v) is 2.80. The molecule has 0 aromatic heterocycles. The molecule has 2 rings (SSSR count). The molecule has 1 amide bonds. The number of carboxylic acids is 1. The highest BCUT2D eigenvalue weighted by Gasteiger charge is 2.38. The number of nitrogens with zero attached hydrogens (tertiary/aromatic N) is 1. The zero-order chi connectivity index (χ0) is 17.2. The standard InChI is InChI=1S/C17H23NO5/c1-17(2,3)23-16(22)18-10-12(7-8-14(18)15(20)21)11-5-4-6-13(19)9-11/h4-6,9,12,14,19H,7-8,10H2,1-3H3,(H,20,21). The van der Waals surface area contributed by atoms with E-state index in [2.05, 4.69) is 0 Å². The average Bonchev–Trinajstić information content (AvgIpc) is 2.44. The minimum Gasteiger partial charge on any atom is -0.508 e. The second-order valence-electron chi connectivity index (χ2n) is 6.86. The molecule has 1 saturated heterocycles. The third-order valence-corrected chi connectivity index (χ3v) is 3.84. The Morgan fingerprint density at radius 3 is 2.52 bits per heavy atom. The predicted molar refractivity (Wildman–Crippen MR) is 84.4 cm³/mol. The summed E-state index contributed by atoms with van der Waals surface area (Å²) in [6.07, 6.45) is 0.379. The van der Waals surface area contributed by atoms with Crippen molar-refractivity contribution >= 4 is 12.1 Å². The molecule has 23 heavy (non-hydrogen) atoms. The number of rotatable bonds is 2. The molecule has 1 fully saturated rings. The van der Waals surface area contributed by atoms with Crippen LogP contribution in [0.4, 0.5) is 4.79 Å². The van der Waals surface area contributed by atoms with Crippen molar-refractivity contribution in [3.05, 3.63) is 29.8 Å². The van der Waals surface area contributed by atoms with Crippen molar-refractivity contribution in [3.8, 4) is 5.75 Å². The number of likely N-dealkylation sites (tertiary alicyclic amines) is 1. The van der Waals surface area contributed by atoms with E-state index >= 15 is 0 Å². The smallest absolute Gasteiger partial charge is 0.411 e. The molecule has 1 aromatic carbocycles. The molecular formula is C17H23NO5. The van der Waals surface area contributed by atoms with Gasteiger partial charge in [0.25, 0.3) is 0 Å². The normalized spacial score (nSPS) is 21.8. The number of piperidine rings is 1. The summed E-state index contributed by atoms with van der Waals surface area (Å²) in [4.78, 5) is 25.1. The van der Waals surface area contributed by atoms with Crippen LogP contribution < -0.4 is 0 Å². The van der Waals surface area contributed by atoms with Crippen LogP contribution in [0.25, 0.3) is 0 Å². The van der Waals surface area contributed by atoms with Crippen LogP contribution in [0.2, 0.25) is 0 Å². The summed E-state index contributed by atoms with van der Waals surface area (Å²) >= 11 is 0. The van der Waals surface area contributed by atoms with E-state index in [4.69, 9.17) is 4.74 Å². The second-order valence-corrected chi connectivity index (χ2v) is 6.86. The molecule has 0 bridgehead atoms. The van der Waals surface area contributed by atoms with Crippen LogP contribution in [0.1, 0.15) is 45.1 Å². The average molecular weight is 321 g/mol. The van der Waals surface area contributed by atoms with E-state index in [0.717, 1.165) is 5.56 Å². The Morgan fingerprint density at radius 2 is 1.96 bits per heavy atom. The van der Waals surface area contributed by atoms with Gasteiger partial charge in [-0.25, -0.2) is 9.59 Å². The first kappa shape index (κ1) is 17.1. The molecule has 1 aromatic rings. The summed E-state index contributed by atoms with van der Waals surface area (Å²) in [7, 11) is 0. The van der Waals surface area contributed by atoms with Gasteiger partial charge in [-0.1, -0.05) is 12.1 Å². The van der Waals surface area contributed by atoms with Gasteiger partial charge >= 0.3 is 12.1 Å². The number of carbonyl (C=O) groups is 2. The predicted octanol–water partition coefficient (Wildman–Crippen LogP) is 2.96. The van der Waals surface area contributed by atoms with Gasteiger partial charge in [0, 0.05) is 12.5 Å². The Hall–Kier alpha value is -2.24. The molecule has 6 nitrogen and oxygen atoms in total. The number of benzene rings is 1. The number of phenolic OH excluding ortho intramolecular Hbond substituents is 1. The number of ether oxygens (including phenoxy) is 1. The molecule has 1 aliphatic rings. The maximum absolute atomic E-state index is 12.4. The van der Waals surface area contributed by atoms with Crippen LogP contribution in [0.5, 0.6) is 5.75 Å². The molecule has 1 aliphatic heterocycles. The summed E-state index contributed by atoms with van der Waals surface area (Å²) in [5, 5.41) is 19.0. The fraction of sp³-hybridized carbons (Fsp3) is 0.529. The Bertz CT molecular complexity index is 593. The van der Waals surface area contributed by atoms with Crippen molar-refractivity contribution in [2.45, 2.75) is 51.2 Å². The lowest BCUT2D eigenvalue weighted by molar-refractivity contribution is -0.144. The van der Waals surface area contributed by atoms with Crippen molar-refractivity contribution in [2.24, 2.45) is 0 Å². The first-order valence-electron chi connectivity index (χ1n) is 7.69. The van der Waals surface area contributed by atoms with Crippen LogP contribution in [-0.2, 0) is 9.53 Å². The Morgan fingerprint density at radius 1 is 1.26 bits per heavy atom. The number of aromatic hydroxyl groups is 1. The maximum atomic E-state index is 12.4. The zero-order valence-electron chi connectivity index (χ0n) is 13.7. The summed E-state index contributed by atoms with van der Waals surface area (Å²) in [6.45, 7) is 5.50. The van der Waals surface area contributed by atoms with Crippen LogP contribution in [-0.4, -0.2) is 45.4 Å². The number of carboxylic acid groups (broad SMARTS) is 1. The van der Waals surface area contributed by atoms with Gasteiger partial charge < -0.3 is 14.9 Å². The van der Waals surface area contributed by atoms with Gasteiger partial charge in [-0.15, -0.1) is 0 Å². The molecule has 2 N–H and O–H groups in total. The topological polar surface area (TPSA) is 87.1 Å². The minimum absolute atomic E-state index is 0.0229. The number of carbonyl (C=O) groups excluding carboxylic acids is 1. The van der Waals surface area contributed by atoms with Gasteiger partial charge in [-0.3, -0.25) is 4.90 Å². The highest BCUT2D eigenvalue weighted by atomic mass is 16.6. The molecule has 0 aliphatic carbocycles. The molecule has 0 radical (unpaired) electrons. The van der Waals surface area contributed by atoms with Crippen molar-refractivity contribution in [3.63, 3.8) is 0 Å². The van der Waals surface area contributed by atoms with Crippen molar-refractivity contribution in [1.82, 2.24) is 4.90 Å². The van der Waals surface area contributed by atoms with Crippen LogP contribution >= 0.6 is 0 Å². The minimum atomic E-state index is -1.02. The monoisotopic (exact) mass is 321 g/mol. The SMILES string of the molecule is CC(C)(C)OC(=O)N1CC(c2cccc(O)c2)CCC1C(=O)O. The quantitative estimate of drug-likeness (QED) is 0.874. The summed E-state index contributed by atoms with van der Waals surface area (Å²) in [5.74, 6) is -0.887. The maximum Gasteiger partial charge on any atom is 0.411 e. The van der Waals surface area contributed by atoms with Gasteiger partial charge in [-0.05, 0) is 51.3 Å². The summed E-state index contributed by atoms with van der Waals surface area (Å²) < 4.78 is 5.34. The molecule has 2 unspecified atom stereocenters. The third-order valence-electron chi connectivity index (χ3n) is 3.84. The molecule has 0 spiro atoms. The zero-order valence-corrected chi connectivity index (χ0v) is 13.7. The highest BCUT2D eigenvalue weighted by Crippen LogP contribution is 2.32. The van der Waals surface area contributed by atoms with E-state index in [1.165, 1.54) is 4.90 Å². The van der Waals surface area contributed by atoms with Crippen LogP contribution in [0.3, 0.4) is 0 Å². The molecular weight excluding hydrogens is 298 g/mol. The second kappa shape index (κ2) is 6.48. The number of phenols is 1. The Kier molecular flexibility index (Phi) is 4.82. The van der Waals surface area contributed by atoms with Crippen molar-refractivity contribution < 1.29 is 24.5 Å². The lowest BCUT2D eigenvalue weighted by atomic mass is 9.87. The summed E-state index contributed by atoms with van der Waals surface area (Å²) in [6, 6.07) is 5.97. The van der Waals surface area contributed by atoms with E-state index in [1.807, 2.05) is 6.07 Å². The Labute approximate surface area is 135 Å². The van der Waals surface area contributed by atoms with Gasteiger partial charge in [0.05, 0.1) is 0 Å². The van der Waals surface area contributed by atoms with Crippen molar-refractivity contribution in [2.75, 3.05) is 6.54 Å². The Balaban J connectivity index is 2.20. The fourth-order valence-electron chi connectivity index (χ4n) is 2.80. The van der Waals surface area contributed by atoms with Gasteiger partial charge in [0.15, 0.2) is 0 Å². The summed E-state index contributed by atoms with van der Waals surface area (Å²) in [5.41, 5.74) is 0.209. The molecule has 2 atom stereocenters. The molecule has 126 valence electrons. The van der Waals surface area contributed by atoms with Crippen LogP contribution in [0.15, 0.2) is 24.3 Å². The van der Waals surface area contributed by atoms with Gasteiger partial charge in [-0.2, -0.15) is 0 Å². The highest BCUT2D eigenvalue weighted by molar-refractivity contribution is 5.80. The third kappa shape index (κ3) is 4.37. The van der Waals surface area contributed by atoms with E-state index < -0.39 is 23.7 Å². The van der Waals surface area contributed by atoms with Gasteiger partial charge in [0.2, 0.25) is 0 Å².